The number of rotatable bonds is 13. The van der Waals surface area contributed by atoms with Crippen molar-refractivity contribution in [3.05, 3.63) is 18.2 Å². The SMILES string of the molecule is CNC(CCNC(CN[C@@H](Cc1cnc[nH]1)C(=O)O)C(=O)O)C(=O)O. The number of imidazole rings is 1. The van der Waals surface area contributed by atoms with Gasteiger partial charge in [-0.1, -0.05) is 0 Å². The van der Waals surface area contributed by atoms with Crippen molar-refractivity contribution < 1.29 is 29.7 Å². The molecule has 0 saturated heterocycles. The quantitative estimate of drug-likeness (QED) is 0.211. The molecule has 0 aliphatic carbocycles. The molecule has 0 bridgehead atoms. The van der Waals surface area contributed by atoms with E-state index in [4.69, 9.17) is 5.11 Å². The molecule has 140 valence electrons. The molecule has 0 amide bonds. The number of H-pyrrole nitrogens is 1. The first-order valence-corrected chi connectivity index (χ1v) is 7.64. The zero-order valence-corrected chi connectivity index (χ0v) is 13.7. The molecule has 3 atom stereocenters. The van der Waals surface area contributed by atoms with E-state index in [9.17, 15) is 24.6 Å². The minimum absolute atomic E-state index is 0.127. The first-order valence-electron chi connectivity index (χ1n) is 7.64. The number of nitrogens with one attached hydrogen (secondary N) is 4. The van der Waals surface area contributed by atoms with Crippen LogP contribution in [-0.2, 0) is 20.8 Å². The fourth-order valence-electron chi connectivity index (χ4n) is 2.16. The zero-order chi connectivity index (χ0) is 18.8. The summed E-state index contributed by atoms with van der Waals surface area (Å²) in [6, 6.07) is -2.81. The van der Waals surface area contributed by atoms with Gasteiger partial charge in [0.05, 0.1) is 6.33 Å². The van der Waals surface area contributed by atoms with Crippen LogP contribution in [-0.4, -0.2) is 81.5 Å². The molecular weight excluding hydrogens is 334 g/mol. The highest BCUT2D eigenvalue weighted by Crippen LogP contribution is 1.99. The van der Waals surface area contributed by atoms with E-state index in [1.54, 1.807) is 0 Å². The molecule has 0 aliphatic rings. The van der Waals surface area contributed by atoms with Crippen molar-refractivity contribution in [2.75, 3.05) is 20.1 Å². The number of aromatic nitrogens is 2. The van der Waals surface area contributed by atoms with Gasteiger partial charge in [0.25, 0.3) is 0 Å². The summed E-state index contributed by atoms with van der Waals surface area (Å²) >= 11 is 0. The van der Waals surface area contributed by atoms with Crippen LogP contribution in [0.3, 0.4) is 0 Å². The number of hydrogen-bond acceptors (Lipinski definition) is 7. The highest BCUT2D eigenvalue weighted by molar-refractivity contribution is 5.75. The molecular formula is C14H23N5O6. The van der Waals surface area contributed by atoms with Gasteiger partial charge in [-0.15, -0.1) is 0 Å². The molecule has 0 saturated carbocycles. The van der Waals surface area contributed by atoms with E-state index in [0.29, 0.717) is 5.69 Å². The lowest BCUT2D eigenvalue weighted by atomic mass is 10.1. The fraction of sp³-hybridized carbons (Fsp3) is 0.571. The third-order valence-electron chi connectivity index (χ3n) is 3.61. The molecule has 0 aliphatic heterocycles. The smallest absolute Gasteiger partial charge is 0.322 e. The molecule has 2 unspecified atom stereocenters. The summed E-state index contributed by atoms with van der Waals surface area (Å²) in [5.41, 5.74) is 0.609. The van der Waals surface area contributed by atoms with Crippen LogP contribution in [0.5, 0.6) is 0 Å². The molecule has 0 spiro atoms. The second kappa shape index (κ2) is 10.4. The number of carboxylic acid groups (broad SMARTS) is 3. The van der Waals surface area contributed by atoms with Crippen LogP contribution in [0.15, 0.2) is 12.5 Å². The van der Waals surface area contributed by atoms with E-state index >= 15 is 0 Å². The number of aliphatic carboxylic acids is 3. The maximum atomic E-state index is 11.3. The monoisotopic (exact) mass is 357 g/mol. The van der Waals surface area contributed by atoms with Crippen molar-refractivity contribution in [3.63, 3.8) is 0 Å². The molecule has 1 aromatic heterocycles. The first kappa shape index (κ1) is 20.5. The Balaban J connectivity index is 2.51. The molecule has 11 nitrogen and oxygen atoms in total. The predicted octanol–water partition coefficient (Wildman–Crippen LogP) is -1.90. The van der Waals surface area contributed by atoms with Gasteiger partial charge in [0, 0.05) is 24.9 Å². The summed E-state index contributed by atoms with van der Waals surface area (Å²) in [7, 11) is 1.50. The van der Waals surface area contributed by atoms with Gasteiger partial charge in [0.2, 0.25) is 0 Å². The van der Waals surface area contributed by atoms with Crippen molar-refractivity contribution in [2.24, 2.45) is 0 Å². The zero-order valence-electron chi connectivity index (χ0n) is 13.7. The Hall–Kier alpha value is -2.50. The third-order valence-corrected chi connectivity index (χ3v) is 3.61. The van der Waals surface area contributed by atoms with Gasteiger partial charge < -0.3 is 36.3 Å². The Bertz CT molecular complexity index is 564. The Morgan fingerprint density at radius 3 is 2.20 bits per heavy atom. The van der Waals surface area contributed by atoms with Crippen molar-refractivity contribution in [1.82, 2.24) is 25.9 Å². The van der Waals surface area contributed by atoms with Crippen LogP contribution < -0.4 is 16.0 Å². The maximum Gasteiger partial charge on any atom is 0.322 e. The predicted molar refractivity (Wildman–Crippen MR) is 86.2 cm³/mol. The third kappa shape index (κ3) is 7.28. The first-order chi connectivity index (χ1) is 11.8. The van der Waals surface area contributed by atoms with Gasteiger partial charge in [0.15, 0.2) is 0 Å². The Morgan fingerprint density at radius 1 is 1.08 bits per heavy atom. The van der Waals surface area contributed by atoms with E-state index in [0.717, 1.165) is 0 Å². The fourth-order valence-corrected chi connectivity index (χ4v) is 2.16. The molecule has 7 N–H and O–H groups in total. The second-order valence-electron chi connectivity index (χ2n) is 5.39. The number of carbonyl (C=O) groups is 3. The molecule has 1 aromatic rings. The largest absolute Gasteiger partial charge is 0.480 e. The lowest BCUT2D eigenvalue weighted by Gasteiger charge is -2.20. The number of likely N-dealkylation sites (N-methyl/N-ethyl adjacent to an activating group) is 1. The van der Waals surface area contributed by atoms with Gasteiger partial charge in [-0.25, -0.2) is 4.98 Å². The van der Waals surface area contributed by atoms with Gasteiger partial charge in [-0.05, 0) is 20.0 Å². The van der Waals surface area contributed by atoms with Crippen molar-refractivity contribution >= 4 is 17.9 Å². The van der Waals surface area contributed by atoms with Crippen molar-refractivity contribution in [2.45, 2.75) is 31.0 Å². The average molecular weight is 357 g/mol. The maximum absolute atomic E-state index is 11.3. The lowest BCUT2D eigenvalue weighted by Crippen LogP contribution is -2.50. The summed E-state index contributed by atoms with van der Waals surface area (Å²) in [5.74, 6) is -3.30. The van der Waals surface area contributed by atoms with Crippen LogP contribution in [0.25, 0.3) is 0 Å². The van der Waals surface area contributed by atoms with Crippen molar-refractivity contribution in [1.29, 1.82) is 0 Å². The molecule has 0 aromatic carbocycles. The van der Waals surface area contributed by atoms with Crippen LogP contribution >= 0.6 is 0 Å². The number of nitrogens with zero attached hydrogens (tertiary/aromatic N) is 1. The van der Waals surface area contributed by atoms with E-state index in [1.165, 1.54) is 19.6 Å². The van der Waals surface area contributed by atoms with Crippen LogP contribution in [0.4, 0.5) is 0 Å². The molecule has 1 rings (SSSR count). The van der Waals surface area contributed by atoms with Crippen molar-refractivity contribution in [3.8, 4) is 0 Å². The summed E-state index contributed by atoms with van der Waals surface area (Å²) in [4.78, 5) is 40.0. The van der Waals surface area contributed by atoms with Crippen LogP contribution in [0.1, 0.15) is 12.1 Å². The van der Waals surface area contributed by atoms with Gasteiger partial charge in [0.1, 0.15) is 18.1 Å². The lowest BCUT2D eigenvalue weighted by molar-refractivity contribution is -0.142. The van der Waals surface area contributed by atoms with Gasteiger partial charge in [-0.2, -0.15) is 0 Å². The summed E-state index contributed by atoms with van der Waals surface area (Å²) in [5, 5.41) is 35.4. The number of carboxylic acids is 3. The highest BCUT2D eigenvalue weighted by Gasteiger charge is 2.23. The molecule has 1 heterocycles. The van der Waals surface area contributed by atoms with E-state index in [-0.39, 0.29) is 25.9 Å². The minimum atomic E-state index is -1.16. The van der Waals surface area contributed by atoms with E-state index in [1.807, 2.05) is 0 Å². The standard InChI is InChI=1S/C14H23N5O6/c1-15-9(12(20)21)2-3-17-11(14(24)25)6-18-10(13(22)23)4-8-5-16-7-19-8/h5,7,9-11,15,17-18H,2-4,6H2,1H3,(H,16,19)(H,20,21)(H,22,23)(H,24,25)/t9?,10-,11?/m0/s1. The molecule has 0 radical (unpaired) electrons. The average Bonchev–Trinajstić information content (AvgIpc) is 3.05. The van der Waals surface area contributed by atoms with Gasteiger partial charge >= 0.3 is 17.9 Å². The van der Waals surface area contributed by atoms with Crippen LogP contribution in [0.2, 0.25) is 0 Å². The molecule has 25 heavy (non-hydrogen) atoms. The summed E-state index contributed by atoms with van der Waals surface area (Å²) in [6.07, 6.45) is 3.24. The summed E-state index contributed by atoms with van der Waals surface area (Å²) in [6.45, 7) is 0.0203. The van der Waals surface area contributed by atoms with Gasteiger partial charge in [-0.3, -0.25) is 14.4 Å². The Morgan fingerprint density at radius 2 is 1.72 bits per heavy atom. The van der Waals surface area contributed by atoms with E-state index in [2.05, 4.69) is 25.9 Å². The molecule has 11 heteroatoms. The summed E-state index contributed by atoms with van der Waals surface area (Å²) < 4.78 is 0. The van der Waals surface area contributed by atoms with Crippen LogP contribution in [0, 0.1) is 0 Å². The van der Waals surface area contributed by atoms with E-state index < -0.39 is 36.0 Å². The topological polar surface area (TPSA) is 177 Å². The molecule has 0 fully saturated rings. The highest BCUT2D eigenvalue weighted by atomic mass is 16.4. The number of aromatic amines is 1. The normalized spacial score (nSPS) is 14.6. The minimum Gasteiger partial charge on any atom is -0.480 e. The Labute approximate surface area is 143 Å². The Kier molecular flexibility index (Phi) is 8.53. The number of hydrogen-bond donors (Lipinski definition) is 7. The second-order valence-corrected chi connectivity index (χ2v) is 5.39.